The molecule has 6 rings (SSSR count). The number of aliphatic carboxylic acids is 1. The van der Waals surface area contributed by atoms with Gasteiger partial charge in [0, 0.05) is 23.0 Å². The molecular weight excluding hydrogens is 540 g/mol. The van der Waals surface area contributed by atoms with Crippen LogP contribution in [0.1, 0.15) is 60.8 Å². The highest BCUT2D eigenvalue weighted by molar-refractivity contribution is 7.91. The topological polar surface area (TPSA) is 99.1 Å². The number of fused-ring (bicyclic) bond motifs is 4. The summed E-state index contributed by atoms with van der Waals surface area (Å²) in [5, 5.41) is 9.13. The van der Waals surface area contributed by atoms with Crippen molar-refractivity contribution in [1.82, 2.24) is 0 Å². The Bertz CT molecular complexity index is 1560. The molecule has 1 N–H and O–H groups in total. The first kappa shape index (κ1) is 27.6. The summed E-state index contributed by atoms with van der Waals surface area (Å²) in [6.45, 7) is 3.44. The summed E-state index contributed by atoms with van der Waals surface area (Å²) in [6.07, 6.45) is 4.38. The number of ether oxygens (including phenoxy) is 3. The van der Waals surface area contributed by atoms with Gasteiger partial charge in [0.15, 0.2) is 0 Å². The minimum Gasteiger partial charge on any atom is -0.493 e. The molecule has 0 spiro atoms. The average molecular weight is 577 g/mol. The molecule has 1 aliphatic carbocycles. The first-order valence-electron chi connectivity index (χ1n) is 14.4. The molecule has 0 saturated carbocycles. The van der Waals surface area contributed by atoms with Gasteiger partial charge in [0.05, 0.1) is 31.1 Å². The van der Waals surface area contributed by atoms with Gasteiger partial charge in [-0.3, -0.25) is 4.79 Å². The number of hydrogen-bond acceptors (Lipinski definition) is 6. The van der Waals surface area contributed by atoms with Crippen molar-refractivity contribution in [3.63, 3.8) is 0 Å². The highest BCUT2D eigenvalue weighted by atomic mass is 32.2. The van der Waals surface area contributed by atoms with E-state index in [0.29, 0.717) is 44.2 Å². The van der Waals surface area contributed by atoms with Crippen molar-refractivity contribution in [2.75, 3.05) is 24.7 Å². The van der Waals surface area contributed by atoms with Gasteiger partial charge in [0.2, 0.25) is 0 Å². The van der Waals surface area contributed by atoms with E-state index in [0.717, 1.165) is 36.1 Å². The summed E-state index contributed by atoms with van der Waals surface area (Å²) in [7, 11) is -2.90. The summed E-state index contributed by atoms with van der Waals surface area (Å²) >= 11 is 0. The first-order chi connectivity index (χ1) is 19.7. The zero-order valence-corrected chi connectivity index (χ0v) is 24.2. The monoisotopic (exact) mass is 576 g/mol. The van der Waals surface area contributed by atoms with E-state index in [2.05, 4.69) is 37.3 Å². The fourth-order valence-corrected chi connectivity index (χ4v) is 7.92. The average Bonchev–Trinajstić information content (AvgIpc) is 3.24. The van der Waals surface area contributed by atoms with Crippen LogP contribution in [-0.2, 0) is 34.1 Å². The minimum absolute atomic E-state index is 0.0588. The number of benzene rings is 3. The van der Waals surface area contributed by atoms with Crippen molar-refractivity contribution < 1.29 is 32.5 Å². The third-order valence-corrected chi connectivity index (χ3v) is 10.4. The second-order valence-corrected chi connectivity index (χ2v) is 14.3. The van der Waals surface area contributed by atoms with E-state index < -0.39 is 15.8 Å². The standard InChI is InChI=1S/C33H36O7S/c1-33(11-13-41(36,37)14-12-33)21-40-26-7-9-28-24(16-26)4-2-3-23-6-5-22(15-30(23)28)19-38-27-8-10-29-25(17-32(34)35)20-39-31(29)18-27/h5-10,15-16,18,25H,2-4,11-14,17,19-21H2,1H3,(H,34,35)/t25-/m1/s1. The van der Waals surface area contributed by atoms with Crippen LogP contribution in [0.25, 0.3) is 11.1 Å². The zero-order valence-electron chi connectivity index (χ0n) is 23.4. The van der Waals surface area contributed by atoms with Crippen molar-refractivity contribution in [1.29, 1.82) is 0 Å². The summed E-state index contributed by atoms with van der Waals surface area (Å²) in [4.78, 5) is 11.1. The van der Waals surface area contributed by atoms with E-state index in [1.54, 1.807) is 0 Å². The van der Waals surface area contributed by atoms with Gasteiger partial charge in [0.25, 0.3) is 0 Å². The molecule has 1 atom stereocenters. The minimum atomic E-state index is -2.90. The molecule has 8 heteroatoms. The van der Waals surface area contributed by atoms with Crippen LogP contribution < -0.4 is 14.2 Å². The van der Waals surface area contributed by atoms with Crippen molar-refractivity contribution in [2.45, 2.75) is 58.0 Å². The molecule has 0 amide bonds. The summed E-state index contributed by atoms with van der Waals surface area (Å²) in [5.74, 6) is 1.77. The van der Waals surface area contributed by atoms with Crippen molar-refractivity contribution in [3.05, 3.63) is 76.9 Å². The van der Waals surface area contributed by atoms with Crippen LogP contribution in [0.3, 0.4) is 0 Å². The predicted molar refractivity (Wildman–Crippen MR) is 157 cm³/mol. The van der Waals surface area contributed by atoms with Gasteiger partial charge < -0.3 is 19.3 Å². The first-order valence-corrected chi connectivity index (χ1v) is 16.2. The van der Waals surface area contributed by atoms with E-state index in [-0.39, 0.29) is 29.3 Å². The Morgan fingerprint density at radius 2 is 1.71 bits per heavy atom. The predicted octanol–water partition coefficient (Wildman–Crippen LogP) is 5.97. The Balaban J connectivity index is 1.14. The zero-order chi connectivity index (χ0) is 28.6. The van der Waals surface area contributed by atoms with Crippen molar-refractivity contribution in [2.24, 2.45) is 5.41 Å². The molecule has 0 radical (unpaired) electrons. The van der Waals surface area contributed by atoms with Gasteiger partial charge in [-0.05, 0) is 84.2 Å². The van der Waals surface area contributed by atoms with Crippen LogP contribution >= 0.6 is 0 Å². The fraction of sp³-hybridized carbons (Fsp3) is 0.424. The molecule has 3 aliphatic rings. The van der Waals surface area contributed by atoms with Crippen LogP contribution in [0.2, 0.25) is 0 Å². The molecule has 216 valence electrons. The summed E-state index contributed by atoms with van der Waals surface area (Å²) in [5.41, 5.74) is 6.91. The van der Waals surface area contributed by atoms with E-state index in [1.165, 1.54) is 22.3 Å². The van der Waals surface area contributed by atoms with Gasteiger partial charge in [-0.15, -0.1) is 0 Å². The van der Waals surface area contributed by atoms with E-state index in [9.17, 15) is 13.2 Å². The molecule has 41 heavy (non-hydrogen) atoms. The van der Waals surface area contributed by atoms with Gasteiger partial charge in [-0.1, -0.05) is 31.2 Å². The molecular formula is C33H36O7S. The van der Waals surface area contributed by atoms with Crippen LogP contribution in [0.5, 0.6) is 17.2 Å². The molecule has 2 aliphatic heterocycles. The maximum absolute atomic E-state index is 11.9. The number of sulfone groups is 1. The molecule has 7 nitrogen and oxygen atoms in total. The van der Waals surface area contributed by atoms with Crippen LogP contribution in [-0.4, -0.2) is 44.2 Å². The molecule has 0 aromatic heterocycles. The lowest BCUT2D eigenvalue weighted by atomic mass is 9.85. The van der Waals surface area contributed by atoms with Gasteiger partial charge in [-0.25, -0.2) is 8.42 Å². The number of hydrogen-bond donors (Lipinski definition) is 1. The second kappa shape index (κ2) is 11.0. The lowest BCUT2D eigenvalue weighted by Crippen LogP contribution is -2.35. The molecule has 1 fully saturated rings. The Hall–Kier alpha value is -3.52. The van der Waals surface area contributed by atoms with E-state index in [1.807, 2.05) is 24.3 Å². The SMILES string of the molecule is CC1(COc2ccc3c(c2)CCCc2ccc(COc4ccc5c(c4)OC[C@H]5CC(=O)O)cc2-3)CCS(=O)(=O)CC1. The van der Waals surface area contributed by atoms with Gasteiger partial charge in [0.1, 0.15) is 33.7 Å². The van der Waals surface area contributed by atoms with E-state index >= 15 is 0 Å². The normalized spacial score (nSPS) is 20.1. The Morgan fingerprint density at radius 3 is 2.51 bits per heavy atom. The fourth-order valence-electron chi connectivity index (χ4n) is 6.11. The smallest absolute Gasteiger partial charge is 0.304 e. The molecule has 3 aromatic rings. The Labute approximate surface area is 241 Å². The molecule has 0 bridgehead atoms. The molecule has 3 aromatic carbocycles. The molecule has 0 unspecified atom stereocenters. The second-order valence-electron chi connectivity index (χ2n) is 12.0. The number of rotatable bonds is 8. The van der Waals surface area contributed by atoms with Crippen LogP contribution in [0.4, 0.5) is 0 Å². The lowest BCUT2D eigenvalue weighted by Gasteiger charge is -2.33. The molecule has 1 saturated heterocycles. The van der Waals surface area contributed by atoms with Crippen LogP contribution in [0.15, 0.2) is 54.6 Å². The largest absolute Gasteiger partial charge is 0.493 e. The van der Waals surface area contributed by atoms with Crippen LogP contribution in [0, 0.1) is 5.41 Å². The lowest BCUT2D eigenvalue weighted by molar-refractivity contribution is -0.137. The van der Waals surface area contributed by atoms with Gasteiger partial charge >= 0.3 is 5.97 Å². The number of carboxylic acids is 1. The Morgan fingerprint density at radius 1 is 0.951 bits per heavy atom. The number of carboxylic acid groups (broad SMARTS) is 1. The highest BCUT2D eigenvalue weighted by Gasteiger charge is 2.34. The maximum atomic E-state index is 11.9. The molecule has 2 heterocycles. The summed E-state index contributed by atoms with van der Waals surface area (Å²) < 4.78 is 41.8. The quantitative estimate of drug-likeness (QED) is 0.353. The highest BCUT2D eigenvalue weighted by Crippen LogP contribution is 2.39. The number of carbonyl (C=O) groups is 1. The third kappa shape index (κ3) is 6.22. The summed E-state index contributed by atoms with van der Waals surface area (Å²) in [6, 6.07) is 18.5. The van der Waals surface area contributed by atoms with Gasteiger partial charge in [-0.2, -0.15) is 0 Å². The van der Waals surface area contributed by atoms with Crippen molar-refractivity contribution >= 4 is 15.8 Å². The van der Waals surface area contributed by atoms with Crippen molar-refractivity contribution in [3.8, 4) is 28.4 Å². The third-order valence-electron chi connectivity index (χ3n) is 8.75. The Kier molecular flexibility index (Phi) is 7.45. The van der Waals surface area contributed by atoms with E-state index in [4.69, 9.17) is 19.3 Å². The number of aryl methyl sites for hydroxylation is 2. The maximum Gasteiger partial charge on any atom is 0.304 e.